The fourth-order valence-electron chi connectivity index (χ4n) is 3.69. The highest BCUT2D eigenvalue weighted by Crippen LogP contribution is 2.30. The molecule has 0 radical (unpaired) electrons. The van der Waals surface area contributed by atoms with Crippen LogP contribution in [0.2, 0.25) is 0 Å². The fraction of sp³-hybridized carbons (Fsp3) is 0.381. The second kappa shape index (κ2) is 7.69. The van der Waals surface area contributed by atoms with E-state index < -0.39 is 0 Å². The summed E-state index contributed by atoms with van der Waals surface area (Å²) in [4.78, 5) is 19.0. The molecule has 2 fully saturated rings. The Labute approximate surface area is 163 Å². The van der Waals surface area contributed by atoms with Crippen LogP contribution in [0.3, 0.4) is 0 Å². The lowest BCUT2D eigenvalue weighted by atomic mass is 10.1. The van der Waals surface area contributed by atoms with Gasteiger partial charge in [-0.2, -0.15) is 4.98 Å². The van der Waals surface area contributed by atoms with Gasteiger partial charge in [0, 0.05) is 37.1 Å². The van der Waals surface area contributed by atoms with Crippen LogP contribution in [0.5, 0.6) is 0 Å². The molecule has 144 valence electrons. The average molecular weight is 377 g/mol. The topological polar surface area (TPSA) is 63.6 Å². The Morgan fingerprint density at radius 2 is 1.46 bits per heavy atom. The molecule has 2 aromatic heterocycles. The molecule has 7 heteroatoms. The molecule has 3 aromatic rings. The fourth-order valence-corrected chi connectivity index (χ4v) is 3.69. The smallest absolute Gasteiger partial charge is 0.228 e. The number of aromatic nitrogens is 3. The van der Waals surface area contributed by atoms with Gasteiger partial charge in [-0.3, -0.25) is 4.98 Å². The van der Waals surface area contributed by atoms with Gasteiger partial charge in [-0.15, -0.1) is 0 Å². The molecule has 1 aromatic carbocycles. The third-order valence-corrected chi connectivity index (χ3v) is 5.22. The zero-order chi connectivity index (χ0) is 18.8. The molecule has 0 aliphatic carbocycles. The summed E-state index contributed by atoms with van der Waals surface area (Å²) in [6.07, 6.45) is 1.87. The summed E-state index contributed by atoms with van der Waals surface area (Å²) in [6.45, 7) is 6.13. The first-order chi connectivity index (χ1) is 13.9. The van der Waals surface area contributed by atoms with Gasteiger partial charge in [0.2, 0.25) is 5.95 Å². The summed E-state index contributed by atoms with van der Waals surface area (Å²) in [7, 11) is 0. The van der Waals surface area contributed by atoms with Crippen LogP contribution < -0.4 is 9.80 Å². The molecule has 0 N–H and O–H groups in total. The monoisotopic (exact) mass is 377 g/mol. The maximum absolute atomic E-state index is 5.55. The van der Waals surface area contributed by atoms with Crippen molar-refractivity contribution in [2.45, 2.75) is 0 Å². The van der Waals surface area contributed by atoms with Crippen molar-refractivity contribution in [1.82, 2.24) is 15.0 Å². The Morgan fingerprint density at radius 3 is 2.18 bits per heavy atom. The van der Waals surface area contributed by atoms with Gasteiger partial charge in [-0.1, -0.05) is 30.3 Å². The lowest BCUT2D eigenvalue weighted by molar-refractivity contribution is 0.121. The van der Waals surface area contributed by atoms with Crippen LogP contribution in [0.1, 0.15) is 0 Å². The van der Waals surface area contributed by atoms with E-state index in [2.05, 4.69) is 33.0 Å². The summed E-state index contributed by atoms with van der Waals surface area (Å²) < 4.78 is 11.0. The van der Waals surface area contributed by atoms with Crippen molar-refractivity contribution in [3.63, 3.8) is 0 Å². The normalized spacial score (nSPS) is 17.9. The van der Waals surface area contributed by atoms with Crippen molar-refractivity contribution in [2.75, 3.05) is 62.4 Å². The van der Waals surface area contributed by atoms with Gasteiger partial charge >= 0.3 is 0 Å². The first kappa shape index (κ1) is 17.3. The minimum atomic E-state index is 0.708. The first-order valence-electron chi connectivity index (χ1n) is 9.77. The van der Waals surface area contributed by atoms with Crippen molar-refractivity contribution < 1.29 is 9.47 Å². The number of ether oxygens (including phenoxy) is 2. The number of hydrogen-bond acceptors (Lipinski definition) is 7. The van der Waals surface area contributed by atoms with Gasteiger partial charge in [0.25, 0.3) is 0 Å². The van der Waals surface area contributed by atoms with Gasteiger partial charge in [0.1, 0.15) is 5.82 Å². The highest BCUT2D eigenvalue weighted by Gasteiger charge is 2.21. The molecule has 0 atom stereocenters. The van der Waals surface area contributed by atoms with E-state index in [0.717, 1.165) is 73.3 Å². The van der Waals surface area contributed by atoms with E-state index in [9.17, 15) is 0 Å². The number of hydrogen-bond donors (Lipinski definition) is 0. The van der Waals surface area contributed by atoms with Gasteiger partial charge in [-0.25, -0.2) is 4.98 Å². The number of fused-ring (bicyclic) bond motifs is 1. The Balaban J connectivity index is 1.63. The number of anilines is 2. The highest BCUT2D eigenvalue weighted by atomic mass is 16.5. The standard InChI is InChI=1S/C21H23N5O2/c1-2-4-16(5-3-1)18-14-17-19(15-22-18)23-21(26-8-12-28-13-9-26)24-20(17)25-6-10-27-11-7-25/h1-5,14-15H,6-13H2. The van der Waals surface area contributed by atoms with Crippen molar-refractivity contribution in [1.29, 1.82) is 0 Å². The van der Waals surface area contributed by atoms with Gasteiger partial charge < -0.3 is 19.3 Å². The summed E-state index contributed by atoms with van der Waals surface area (Å²) >= 11 is 0. The molecule has 0 spiro atoms. The number of rotatable bonds is 3. The molecule has 0 saturated carbocycles. The predicted octanol–water partition coefficient (Wildman–Crippen LogP) is 2.37. The summed E-state index contributed by atoms with van der Waals surface area (Å²) in [5.74, 6) is 1.72. The molecule has 2 aliphatic rings. The maximum atomic E-state index is 5.55. The molecular formula is C21H23N5O2. The molecule has 7 nitrogen and oxygen atoms in total. The number of pyridine rings is 1. The van der Waals surface area contributed by atoms with Gasteiger partial charge in [0.05, 0.1) is 43.8 Å². The minimum Gasteiger partial charge on any atom is -0.378 e. The lowest BCUT2D eigenvalue weighted by Gasteiger charge is -2.31. The lowest BCUT2D eigenvalue weighted by Crippen LogP contribution is -2.39. The van der Waals surface area contributed by atoms with Crippen LogP contribution >= 0.6 is 0 Å². The van der Waals surface area contributed by atoms with Crippen molar-refractivity contribution in [3.8, 4) is 11.3 Å². The molecule has 28 heavy (non-hydrogen) atoms. The zero-order valence-corrected chi connectivity index (χ0v) is 15.8. The molecule has 0 bridgehead atoms. The van der Waals surface area contributed by atoms with Crippen molar-refractivity contribution in [3.05, 3.63) is 42.6 Å². The molecular weight excluding hydrogens is 354 g/mol. The average Bonchev–Trinajstić information content (AvgIpc) is 2.80. The minimum absolute atomic E-state index is 0.708. The molecule has 5 rings (SSSR count). The second-order valence-corrected chi connectivity index (χ2v) is 7.00. The quantitative estimate of drug-likeness (QED) is 0.694. The Bertz CT molecular complexity index is 954. The third kappa shape index (κ3) is 3.39. The molecule has 4 heterocycles. The number of morpholine rings is 2. The zero-order valence-electron chi connectivity index (χ0n) is 15.8. The molecule has 2 saturated heterocycles. The molecule has 0 amide bonds. The van der Waals surface area contributed by atoms with E-state index in [4.69, 9.17) is 19.4 Å². The predicted molar refractivity (Wildman–Crippen MR) is 109 cm³/mol. The maximum Gasteiger partial charge on any atom is 0.228 e. The Hall–Kier alpha value is -2.77. The SMILES string of the molecule is c1ccc(-c2cc3c(N4CCOCC4)nc(N4CCOCC4)nc3cn2)cc1. The van der Waals surface area contributed by atoms with Crippen LogP contribution in [0.4, 0.5) is 11.8 Å². The number of benzene rings is 1. The van der Waals surface area contributed by atoms with Crippen LogP contribution in [0, 0.1) is 0 Å². The van der Waals surface area contributed by atoms with E-state index >= 15 is 0 Å². The molecule has 2 aliphatic heterocycles. The van der Waals surface area contributed by atoms with E-state index in [0.29, 0.717) is 13.2 Å². The third-order valence-electron chi connectivity index (χ3n) is 5.22. The molecule has 0 unspecified atom stereocenters. The first-order valence-corrected chi connectivity index (χ1v) is 9.77. The van der Waals surface area contributed by atoms with Crippen LogP contribution in [0.15, 0.2) is 42.6 Å². The van der Waals surface area contributed by atoms with Crippen LogP contribution in [-0.4, -0.2) is 67.6 Å². The van der Waals surface area contributed by atoms with Crippen LogP contribution in [0.25, 0.3) is 22.2 Å². The largest absolute Gasteiger partial charge is 0.378 e. The summed E-state index contributed by atoms with van der Waals surface area (Å²) in [6, 6.07) is 12.3. The summed E-state index contributed by atoms with van der Waals surface area (Å²) in [5, 5.41) is 1.03. The van der Waals surface area contributed by atoms with E-state index in [1.165, 1.54) is 0 Å². The highest BCUT2D eigenvalue weighted by molar-refractivity contribution is 5.92. The van der Waals surface area contributed by atoms with E-state index in [-0.39, 0.29) is 0 Å². The number of nitrogens with zero attached hydrogens (tertiary/aromatic N) is 5. The Morgan fingerprint density at radius 1 is 0.786 bits per heavy atom. The van der Waals surface area contributed by atoms with Crippen molar-refractivity contribution >= 4 is 22.7 Å². The Kier molecular flexibility index (Phi) is 4.76. The van der Waals surface area contributed by atoms with Crippen molar-refractivity contribution in [2.24, 2.45) is 0 Å². The van der Waals surface area contributed by atoms with E-state index in [1.807, 2.05) is 24.4 Å². The van der Waals surface area contributed by atoms with Gasteiger partial charge in [0.15, 0.2) is 0 Å². The van der Waals surface area contributed by atoms with Crippen LogP contribution in [-0.2, 0) is 9.47 Å². The second-order valence-electron chi connectivity index (χ2n) is 7.00. The van der Waals surface area contributed by atoms with Gasteiger partial charge in [-0.05, 0) is 6.07 Å². The summed E-state index contributed by atoms with van der Waals surface area (Å²) in [5.41, 5.74) is 2.90. The van der Waals surface area contributed by atoms with E-state index in [1.54, 1.807) is 0 Å².